The maximum atomic E-state index is 5.15. The predicted molar refractivity (Wildman–Crippen MR) is 181 cm³/mol. The van der Waals surface area contributed by atoms with Gasteiger partial charge in [-0.25, -0.2) is 0 Å². The first-order valence-corrected chi connectivity index (χ1v) is 17.3. The Hall–Kier alpha value is -1.71. The molecule has 218 valence electrons. The quantitative estimate of drug-likeness (QED) is 0.199. The van der Waals surface area contributed by atoms with Crippen molar-refractivity contribution in [3.63, 3.8) is 0 Å². The molecule has 1 aromatic heterocycles. The fourth-order valence-corrected chi connectivity index (χ4v) is 7.85. The predicted octanol–water partition coefficient (Wildman–Crippen LogP) is 12.4. The highest BCUT2D eigenvalue weighted by atomic mass is 32.2. The highest BCUT2D eigenvalue weighted by Gasteiger charge is 2.20. The van der Waals surface area contributed by atoms with Crippen molar-refractivity contribution >= 4 is 23.5 Å². The van der Waals surface area contributed by atoms with E-state index in [0.29, 0.717) is 35.5 Å². The average molecular weight is 576 g/mol. The number of benzene rings is 2. The second-order valence-corrected chi connectivity index (χ2v) is 15.2. The van der Waals surface area contributed by atoms with Crippen molar-refractivity contribution in [2.24, 2.45) is 0 Å². The summed E-state index contributed by atoms with van der Waals surface area (Å²) in [7, 11) is 0. The molecular formula is C37H53NS2. The van der Waals surface area contributed by atoms with Crippen LogP contribution in [0.25, 0.3) is 0 Å². The lowest BCUT2D eigenvalue weighted by molar-refractivity contribution is 0.772. The Bertz CT molecular complexity index is 1110. The Morgan fingerprint density at radius 1 is 0.475 bits per heavy atom. The van der Waals surface area contributed by atoms with Crippen LogP contribution >= 0.6 is 23.5 Å². The molecule has 0 saturated carbocycles. The smallest absolute Gasteiger partial charge is 0.0509 e. The Morgan fingerprint density at radius 2 is 0.775 bits per heavy atom. The Kier molecular flexibility index (Phi) is 11.9. The van der Waals surface area contributed by atoms with Gasteiger partial charge in [-0.2, -0.15) is 0 Å². The minimum Gasteiger partial charge on any atom is -0.256 e. The van der Waals surface area contributed by atoms with Gasteiger partial charge in [-0.15, -0.1) is 23.5 Å². The fraction of sp³-hybridized carbons (Fsp3) is 0.541. The van der Waals surface area contributed by atoms with Crippen LogP contribution in [-0.4, -0.2) is 4.98 Å². The first-order valence-electron chi connectivity index (χ1n) is 15.4. The lowest BCUT2D eigenvalue weighted by atomic mass is 9.89. The van der Waals surface area contributed by atoms with Gasteiger partial charge in [-0.1, -0.05) is 113 Å². The summed E-state index contributed by atoms with van der Waals surface area (Å²) in [6.45, 7) is 27.8. The van der Waals surface area contributed by atoms with Crippen LogP contribution in [0, 0.1) is 0 Å². The SMILES string of the molecule is CC(C)c1cc(C(C)C)c(SCc2cccc(CSc3c(C(C)C)cc(C(C)C)cc3C(C)C)n2)c(C(C)C)c1. The van der Waals surface area contributed by atoms with E-state index in [1.54, 1.807) is 0 Å². The molecule has 3 aromatic rings. The van der Waals surface area contributed by atoms with E-state index in [-0.39, 0.29) is 0 Å². The van der Waals surface area contributed by atoms with Crippen molar-refractivity contribution in [3.05, 3.63) is 87.2 Å². The normalized spacial score (nSPS) is 12.2. The lowest BCUT2D eigenvalue weighted by Gasteiger charge is -2.23. The summed E-state index contributed by atoms with van der Waals surface area (Å²) in [6, 6.07) is 16.4. The zero-order valence-electron chi connectivity index (χ0n) is 27.2. The number of thioether (sulfide) groups is 2. The molecule has 0 saturated heterocycles. The molecule has 0 bridgehead atoms. The summed E-state index contributed by atoms with van der Waals surface area (Å²) >= 11 is 3.95. The van der Waals surface area contributed by atoms with Crippen LogP contribution in [0.5, 0.6) is 0 Å². The van der Waals surface area contributed by atoms with E-state index in [2.05, 4.69) is 126 Å². The van der Waals surface area contributed by atoms with Gasteiger partial charge in [0.25, 0.3) is 0 Å². The Labute approximate surface area is 254 Å². The van der Waals surface area contributed by atoms with Crippen LogP contribution in [0.4, 0.5) is 0 Å². The molecule has 0 spiro atoms. The third kappa shape index (κ3) is 8.19. The highest BCUT2D eigenvalue weighted by molar-refractivity contribution is 7.98. The molecule has 0 amide bonds. The molecule has 0 aliphatic carbocycles. The van der Waals surface area contributed by atoms with Gasteiger partial charge in [-0.3, -0.25) is 4.98 Å². The van der Waals surface area contributed by atoms with E-state index < -0.39 is 0 Å². The molecule has 0 aliphatic heterocycles. The average Bonchev–Trinajstić information content (AvgIpc) is 2.89. The Balaban J connectivity index is 1.87. The molecule has 3 rings (SSSR count). The van der Waals surface area contributed by atoms with Gasteiger partial charge in [0.2, 0.25) is 0 Å². The van der Waals surface area contributed by atoms with Gasteiger partial charge in [0.15, 0.2) is 0 Å². The van der Waals surface area contributed by atoms with E-state index in [1.165, 1.54) is 54.6 Å². The largest absolute Gasteiger partial charge is 0.256 e. The van der Waals surface area contributed by atoms with Crippen molar-refractivity contribution in [2.45, 2.75) is 140 Å². The minimum atomic E-state index is 0.502. The zero-order valence-corrected chi connectivity index (χ0v) is 28.8. The summed E-state index contributed by atoms with van der Waals surface area (Å²) < 4.78 is 0. The van der Waals surface area contributed by atoms with Gasteiger partial charge < -0.3 is 0 Å². The zero-order chi connectivity index (χ0) is 29.7. The van der Waals surface area contributed by atoms with Crippen LogP contribution < -0.4 is 0 Å². The molecular weight excluding hydrogens is 523 g/mol. The standard InChI is InChI=1S/C37H53NS2/c1-22(2)28-16-32(24(5)6)36(33(17-28)25(7)8)39-20-30-14-13-15-31(38-30)21-40-37-34(26(9)10)18-29(23(3)4)19-35(37)27(11)12/h13-19,22-27H,20-21H2,1-12H3. The van der Waals surface area contributed by atoms with Gasteiger partial charge in [0, 0.05) is 21.3 Å². The molecule has 1 heterocycles. The van der Waals surface area contributed by atoms with Crippen LogP contribution in [-0.2, 0) is 11.5 Å². The van der Waals surface area contributed by atoms with Crippen molar-refractivity contribution < 1.29 is 0 Å². The van der Waals surface area contributed by atoms with E-state index in [4.69, 9.17) is 4.98 Å². The van der Waals surface area contributed by atoms with E-state index >= 15 is 0 Å². The lowest BCUT2D eigenvalue weighted by Crippen LogP contribution is -2.04. The van der Waals surface area contributed by atoms with Crippen LogP contribution in [0.15, 0.2) is 52.3 Å². The highest BCUT2D eigenvalue weighted by Crippen LogP contribution is 2.41. The van der Waals surface area contributed by atoms with Crippen LogP contribution in [0.1, 0.15) is 163 Å². The minimum absolute atomic E-state index is 0.502. The maximum absolute atomic E-state index is 5.15. The molecule has 1 nitrogen and oxygen atoms in total. The van der Waals surface area contributed by atoms with Gasteiger partial charge in [-0.05, 0) is 81.0 Å². The number of rotatable bonds is 12. The molecule has 0 radical (unpaired) electrons. The van der Waals surface area contributed by atoms with Crippen LogP contribution in [0.3, 0.4) is 0 Å². The molecule has 0 N–H and O–H groups in total. The summed E-state index contributed by atoms with van der Waals surface area (Å²) in [5, 5.41) is 0. The van der Waals surface area contributed by atoms with E-state index in [1.807, 2.05) is 23.5 Å². The van der Waals surface area contributed by atoms with Crippen molar-refractivity contribution in [1.82, 2.24) is 4.98 Å². The number of hydrogen-bond donors (Lipinski definition) is 0. The maximum Gasteiger partial charge on any atom is 0.0509 e. The number of aromatic nitrogens is 1. The summed E-state index contributed by atoms with van der Waals surface area (Å²) in [5.74, 6) is 4.89. The molecule has 3 heteroatoms. The summed E-state index contributed by atoms with van der Waals surface area (Å²) in [4.78, 5) is 8.08. The number of pyridine rings is 1. The van der Waals surface area contributed by atoms with Crippen molar-refractivity contribution in [3.8, 4) is 0 Å². The third-order valence-electron chi connectivity index (χ3n) is 7.75. The Morgan fingerprint density at radius 3 is 1.02 bits per heavy atom. The van der Waals surface area contributed by atoms with Crippen LogP contribution in [0.2, 0.25) is 0 Å². The first kappa shape index (κ1) is 32.8. The number of hydrogen-bond acceptors (Lipinski definition) is 3. The second-order valence-electron chi connectivity index (χ2n) is 13.2. The van der Waals surface area contributed by atoms with E-state index in [0.717, 1.165) is 11.5 Å². The summed E-state index contributed by atoms with van der Waals surface area (Å²) in [6.07, 6.45) is 0. The third-order valence-corrected chi connectivity index (χ3v) is 10.2. The molecule has 0 fully saturated rings. The van der Waals surface area contributed by atoms with Crippen molar-refractivity contribution in [2.75, 3.05) is 0 Å². The molecule has 40 heavy (non-hydrogen) atoms. The monoisotopic (exact) mass is 575 g/mol. The van der Waals surface area contributed by atoms with Gasteiger partial charge >= 0.3 is 0 Å². The topological polar surface area (TPSA) is 12.9 Å². The first-order chi connectivity index (χ1) is 18.8. The molecule has 0 unspecified atom stereocenters. The van der Waals surface area contributed by atoms with Gasteiger partial charge in [0.05, 0.1) is 11.4 Å². The van der Waals surface area contributed by atoms with Crippen molar-refractivity contribution in [1.29, 1.82) is 0 Å². The summed E-state index contributed by atoms with van der Waals surface area (Å²) in [5.41, 5.74) is 11.2. The number of nitrogens with zero attached hydrogens (tertiary/aromatic N) is 1. The molecule has 0 aliphatic rings. The molecule has 2 aromatic carbocycles. The van der Waals surface area contributed by atoms with Gasteiger partial charge in [0.1, 0.15) is 0 Å². The van der Waals surface area contributed by atoms with E-state index in [9.17, 15) is 0 Å². The second kappa shape index (κ2) is 14.5. The fourth-order valence-electron chi connectivity index (χ4n) is 5.09. The molecule has 0 atom stereocenters.